The van der Waals surface area contributed by atoms with E-state index in [-0.39, 0.29) is 12.1 Å². The Labute approximate surface area is 217 Å². The summed E-state index contributed by atoms with van der Waals surface area (Å²) in [5.74, 6) is 1.19. The Balaban J connectivity index is 1.13. The van der Waals surface area contributed by atoms with Crippen molar-refractivity contribution < 1.29 is 23.4 Å². The van der Waals surface area contributed by atoms with Gasteiger partial charge in [0.15, 0.2) is 0 Å². The third-order valence-corrected chi connectivity index (χ3v) is 7.70. The molecule has 5 rings (SSSR count). The van der Waals surface area contributed by atoms with Gasteiger partial charge in [0.05, 0.1) is 23.8 Å². The number of aromatic nitrogens is 2. The lowest BCUT2D eigenvalue weighted by molar-refractivity contribution is -0.137. The predicted molar refractivity (Wildman–Crippen MR) is 137 cm³/mol. The molecule has 3 N–H and O–H groups in total. The zero-order valence-electron chi connectivity index (χ0n) is 20.0. The molecule has 196 valence electrons. The molecule has 2 aliphatic rings. The largest absolute Gasteiger partial charge is 0.417 e. The molecule has 2 saturated heterocycles. The van der Waals surface area contributed by atoms with Crippen LogP contribution in [0, 0.1) is 0 Å². The first-order valence-electron chi connectivity index (χ1n) is 12.1. The number of anilines is 2. The monoisotopic (exact) mass is 531 g/mol. The first-order chi connectivity index (χ1) is 17.7. The van der Waals surface area contributed by atoms with E-state index < -0.39 is 17.8 Å². The van der Waals surface area contributed by atoms with Crippen LogP contribution in [0.25, 0.3) is 11.1 Å². The second kappa shape index (κ2) is 10.9. The Morgan fingerprint density at radius 3 is 2.24 bits per heavy atom. The van der Waals surface area contributed by atoms with Crippen molar-refractivity contribution in [3.8, 4) is 11.1 Å². The fourth-order valence-electron chi connectivity index (χ4n) is 4.54. The number of alkyl halides is 3. The minimum absolute atomic E-state index is 0.286. The van der Waals surface area contributed by atoms with E-state index >= 15 is 0 Å². The molecule has 0 aliphatic carbocycles. The number of piperidine rings is 1. The highest BCUT2D eigenvalue weighted by molar-refractivity contribution is 7.97. The van der Waals surface area contributed by atoms with E-state index in [9.17, 15) is 23.4 Å². The fourth-order valence-corrected chi connectivity index (χ4v) is 5.52. The van der Waals surface area contributed by atoms with E-state index in [0.717, 1.165) is 47.1 Å². The number of benzene rings is 1. The van der Waals surface area contributed by atoms with Crippen molar-refractivity contribution >= 4 is 23.6 Å². The number of β-amino-alcohol motifs (C(OH)–C–C–N with tert-alkyl or cyclic N) is 2. The Hall–Kier alpha value is -2.86. The van der Waals surface area contributed by atoms with Gasteiger partial charge in [-0.15, -0.1) is 0 Å². The maximum absolute atomic E-state index is 12.7. The maximum atomic E-state index is 12.7. The summed E-state index contributed by atoms with van der Waals surface area (Å²) < 4.78 is 40.3. The smallest absolute Gasteiger partial charge is 0.391 e. The van der Waals surface area contributed by atoms with Crippen molar-refractivity contribution in [2.24, 2.45) is 0 Å². The third-order valence-electron chi connectivity index (χ3n) is 6.63. The lowest BCUT2D eigenvalue weighted by Crippen LogP contribution is -2.47. The van der Waals surface area contributed by atoms with Crippen LogP contribution in [0.2, 0.25) is 0 Å². The molecular formula is C26H28F3N5O2S. The lowest BCUT2D eigenvalue weighted by Gasteiger charge is -2.35. The topological polar surface area (TPSA) is 84.8 Å². The van der Waals surface area contributed by atoms with Crippen LogP contribution in [-0.4, -0.2) is 68.9 Å². The van der Waals surface area contributed by atoms with Gasteiger partial charge in [-0.2, -0.15) is 13.2 Å². The molecule has 0 radical (unpaired) electrons. The molecular weight excluding hydrogens is 503 g/mol. The molecule has 1 aromatic carbocycles. The number of hydrogen-bond acceptors (Lipinski definition) is 8. The number of nitrogens with one attached hydrogen (secondary N) is 1. The van der Waals surface area contributed by atoms with Gasteiger partial charge >= 0.3 is 6.18 Å². The molecule has 4 heterocycles. The lowest BCUT2D eigenvalue weighted by atomic mass is 10.0. The van der Waals surface area contributed by atoms with Gasteiger partial charge in [0.1, 0.15) is 11.6 Å². The highest BCUT2D eigenvalue weighted by atomic mass is 32.2. The summed E-state index contributed by atoms with van der Waals surface area (Å²) in [5.41, 5.74) is 1.27. The zero-order chi connectivity index (χ0) is 26.0. The van der Waals surface area contributed by atoms with E-state index in [1.807, 2.05) is 42.6 Å². The van der Waals surface area contributed by atoms with Crippen LogP contribution in [0.5, 0.6) is 0 Å². The molecule has 0 spiro atoms. The number of halogens is 3. The average molecular weight is 532 g/mol. The molecule has 3 atom stereocenters. The van der Waals surface area contributed by atoms with Crippen LogP contribution in [0.15, 0.2) is 65.8 Å². The highest BCUT2D eigenvalue weighted by Crippen LogP contribution is 2.31. The van der Waals surface area contributed by atoms with Gasteiger partial charge < -0.3 is 20.4 Å². The molecule has 2 aromatic heterocycles. The van der Waals surface area contributed by atoms with Gasteiger partial charge in [-0.25, -0.2) is 14.3 Å². The Bertz CT molecular complexity index is 1180. The first kappa shape index (κ1) is 25.8. The summed E-state index contributed by atoms with van der Waals surface area (Å²) >= 11 is 1.56. The molecule has 0 saturated carbocycles. The molecule has 0 amide bonds. The molecule has 7 nitrogen and oxygen atoms in total. The minimum atomic E-state index is -4.42. The Kier molecular flexibility index (Phi) is 7.57. The molecule has 3 aromatic rings. The Morgan fingerprint density at radius 1 is 0.865 bits per heavy atom. The second-order valence-electron chi connectivity index (χ2n) is 9.33. The van der Waals surface area contributed by atoms with Gasteiger partial charge in [0.2, 0.25) is 0 Å². The zero-order valence-corrected chi connectivity index (χ0v) is 20.8. The summed E-state index contributed by atoms with van der Waals surface area (Å²) in [7, 11) is 0. The summed E-state index contributed by atoms with van der Waals surface area (Å²) in [5, 5.41) is 23.4. The van der Waals surface area contributed by atoms with Crippen LogP contribution in [0.1, 0.15) is 18.4 Å². The number of aliphatic hydroxyl groups excluding tert-OH is 2. The fraction of sp³-hybridized carbons (Fsp3) is 0.385. The molecule has 37 heavy (non-hydrogen) atoms. The second-order valence-corrected chi connectivity index (χ2v) is 10.5. The normalized spacial score (nSPS) is 22.8. The number of aliphatic hydroxyl groups is 2. The van der Waals surface area contributed by atoms with Crippen LogP contribution in [-0.2, 0) is 6.18 Å². The van der Waals surface area contributed by atoms with Crippen LogP contribution < -0.4 is 10.2 Å². The number of rotatable bonds is 6. The molecule has 3 unspecified atom stereocenters. The molecule has 2 aliphatic heterocycles. The summed E-state index contributed by atoms with van der Waals surface area (Å²) in [6.45, 7) is 2.55. The van der Waals surface area contributed by atoms with Crippen LogP contribution in [0.3, 0.4) is 0 Å². The first-order valence-corrected chi connectivity index (χ1v) is 12.9. The highest BCUT2D eigenvalue weighted by Gasteiger charge is 2.32. The van der Waals surface area contributed by atoms with Gasteiger partial charge in [0, 0.05) is 49.0 Å². The SMILES string of the molecule is OC1CCN(c2ccc(-c3ccc(SN4CCC(Nc5ccc(C(F)(F)F)cn5)C(O)C4)cc3)cn2)C1. The van der Waals surface area contributed by atoms with Crippen molar-refractivity contribution in [3.05, 3.63) is 66.5 Å². The molecule has 2 fully saturated rings. The van der Waals surface area contributed by atoms with Gasteiger partial charge in [-0.05, 0) is 66.8 Å². The third kappa shape index (κ3) is 6.35. The summed E-state index contributed by atoms with van der Waals surface area (Å²) in [6, 6.07) is 14.2. The summed E-state index contributed by atoms with van der Waals surface area (Å²) in [4.78, 5) is 11.5. The Morgan fingerprint density at radius 2 is 1.65 bits per heavy atom. The van der Waals surface area contributed by atoms with E-state index in [0.29, 0.717) is 31.9 Å². The van der Waals surface area contributed by atoms with E-state index in [1.54, 1.807) is 11.9 Å². The van der Waals surface area contributed by atoms with E-state index in [1.165, 1.54) is 6.07 Å². The molecule has 11 heteroatoms. The number of hydrogen-bond donors (Lipinski definition) is 3. The maximum Gasteiger partial charge on any atom is 0.417 e. The minimum Gasteiger partial charge on any atom is -0.391 e. The quantitative estimate of drug-likeness (QED) is 0.407. The van der Waals surface area contributed by atoms with Crippen molar-refractivity contribution in [3.63, 3.8) is 0 Å². The van der Waals surface area contributed by atoms with Crippen LogP contribution in [0.4, 0.5) is 24.8 Å². The van der Waals surface area contributed by atoms with Crippen molar-refractivity contribution in [1.29, 1.82) is 0 Å². The molecule has 0 bridgehead atoms. The van der Waals surface area contributed by atoms with Crippen LogP contribution >= 0.6 is 11.9 Å². The van der Waals surface area contributed by atoms with Gasteiger partial charge in [-0.3, -0.25) is 0 Å². The van der Waals surface area contributed by atoms with Crippen molar-refractivity contribution in [2.75, 3.05) is 36.4 Å². The van der Waals surface area contributed by atoms with Gasteiger partial charge in [0.25, 0.3) is 0 Å². The average Bonchev–Trinajstić information content (AvgIpc) is 3.32. The number of pyridine rings is 2. The standard InChI is InChI=1S/C26H28F3N5O2S/c27-26(28,29)19-4-7-24(30-14-19)32-22-10-12-34(16-23(22)36)37-21-5-1-17(2-6-21)18-3-8-25(31-13-18)33-11-9-20(35)15-33/h1-8,13-14,20,22-23,35-36H,9-12,15-16H2,(H,30,32). The van der Waals surface area contributed by atoms with Gasteiger partial charge in [-0.1, -0.05) is 12.1 Å². The van der Waals surface area contributed by atoms with E-state index in [4.69, 9.17) is 0 Å². The van der Waals surface area contributed by atoms with Crippen molar-refractivity contribution in [2.45, 2.75) is 42.2 Å². The number of nitrogens with zero attached hydrogens (tertiary/aromatic N) is 4. The van der Waals surface area contributed by atoms with Crippen molar-refractivity contribution in [1.82, 2.24) is 14.3 Å². The summed E-state index contributed by atoms with van der Waals surface area (Å²) in [6.07, 6.45) is -1.36. The predicted octanol–water partition coefficient (Wildman–Crippen LogP) is 4.29. The van der Waals surface area contributed by atoms with E-state index in [2.05, 4.69) is 24.5 Å².